The molecule has 0 unspecified atom stereocenters. The second-order valence-electron chi connectivity index (χ2n) is 5.47. The van der Waals surface area contributed by atoms with Gasteiger partial charge in [0.25, 0.3) is 0 Å². The molecular formula is C15H22N2O. The molecule has 1 aromatic rings. The van der Waals surface area contributed by atoms with E-state index >= 15 is 0 Å². The zero-order valence-electron chi connectivity index (χ0n) is 11.1. The van der Waals surface area contributed by atoms with Gasteiger partial charge in [-0.25, -0.2) is 0 Å². The zero-order valence-corrected chi connectivity index (χ0v) is 11.1. The van der Waals surface area contributed by atoms with E-state index in [4.69, 9.17) is 4.74 Å². The molecule has 1 N–H and O–H groups in total. The summed E-state index contributed by atoms with van der Waals surface area (Å²) in [7, 11) is 0. The first-order chi connectivity index (χ1) is 8.83. The average molecular weight is 246 g/mol. The molecule has 3 heteroatoms. The quantitative estimate of drug-likeness (QED) is 0.879. The van der Waals surface area contributed by atoms with Crippen molar-refractivity contribution in [2.45, 2.75) is 25.9 Å². The van der Waals surface area contributed by atoms with E-state index < -0.39 is 0 Å². The van der Waals surface area contributed by atoms with Crippen molar-refractivity contribution < 1.29 is 4.74 Å². The lowest BCUT2D eigenvalue weighted by Gasteiger charge is -2.28. The Labute approximate surface area is 109 Å². The third-order valence-corrected chi connectivity index (χ3v) is 3.99. The van der Waals surface area contributed by atoms with Crippen LogP contribution in [0.2, 0.25) is 0 Å². The van der Waals surface area contributed by atoms with Crippen molar-refractivity contribution in [2.24, 2.45) is 5.92 Å². The van der Waals surface area contributed by atoms with E-state index in [0.717, 1.165) is 44.8 Å². The van der Waals surface area contributed by atoms with Crippen molar-refractivity contribution in [3.8, 4) is 0 Å². The lowest BCUT2D eigenvalue weighted by molar-refractivity contribution is 0.122. The van der Waals surface area contributed by atoms with Crippen molar-refractivity contribution >= 4 is 5.69 Å². The topological polar surface area (TPSA) is 24.5 Å². The summed E-state index contributed by atoms with van der Waals surface area (Å²) in [5, 5.41) is 3.59. The molecule has 0 bridgehead atoms. The minimum absolute atomic E-state index is 0.754. The number of nitrogens with zero attached hydrogens (tertiary/aromatic N) is 1. The van der Waals surface area contributed by atoms with Crippen LogP contribution in [-0.2, 0) is 11.3 Å². The molecule has 2 aliphatic rings. The minimum Gasteiger partial charge on any atom is -0.378 e. The van der Waals surface area contributed by atoms with Crippen molar-refractivity contribution in [1.29, 1.82) is 0 Å². The van der Waals surface area contributed by atoms with Gasteiger partial charge in [-0.2, -0.15) is 0 Å². The van der Waals surface area contributed by atoms with Crippen LogP contribution in [0.5, 0.6) is 0 Å². The maximum absolute atomic E-state index is 5.38. The highest BCUT2D eigenvalue weighted by atomic mass is 16.5. The molecule has 0 radical (unpaired) electrons. The zero-order chi connectivity index (χ0) is 12.4. The summed E-state index contributed by atoms with van der Waals surface area (Å²) in [5.74, 6) is 0.873. The van der Waals surface area contributed by atoms with Crippen LogP contribution in [0.1, 0.15) is 18.9 Å². The fourth-order valence-corrected chi connectivity index (χ4v) is 2.50. The molecule has 1 aromatic carbocycles. The fourth-order valence-electron chi connectivity index (χ4n) is 2.50. The monoisotopic (exact) mass is 246 g/mol. The van der Waals surface area contributed by atoms with Crippen LogP contribution in [-0.4, -0.2) is 32.3 Å². The number of benzene rings is 1. The summed E-state index contributed by atoms with van der Waals surface area (Å²) in [5.41, 5.74) is 2.70. The van der Waals surface area contributed by atoms with Crippen LogP contribution in [0.3, 0.4) is 0 Å². The van der Waals surface area contributed by atoms with Crippen molar-refractivity contribution in [3.63, 3.8) is 0 Å². The molecule has 2 fully saturated rings. The molecule has 1 heterocycles. The summed E-state index contributed by atoms with van der Waals surface area (Å²) < 4.78 is 5.38. The highest BCUT2D eigenvalue weighted by molar-refractivity contribution is 5.47. The second kappa shape index (κ2) is 5.29. The van der Waals surface area contributed by atoms with Gasteiger partial charge in [0.1, 0.15) is 0 Å². The smallest absolute Gasteiger partial charge is 0.0642 e. The Hall–Kier alpha value is -1.06. The van der Waals surface area contributed by atoms with Gasteiger partial charge in [0.2, 0.25) is 0 Å². The number of hydrogen-bond acceptors (Lipinski definition) is 3. The van der Waals surface area contributed by atoms with Gasteiger partial charge in [-0.1, -0.05) is 19.1 Å². The number of ether oxygens (including phenoxy) is 1. The Morgan fingerprint density at radius 2 is 1.89 bits per heavy atom. The van der Waals surface area contributed by atoms with Gasteiger partial charge in [-0.05, 0) is 30.0 Å². The molecule has 3 nitrogen and oxygen atoms in total. The first kappa shape index (κ1) is 12.0. The van der Waals surface area contributed by atoms with E-state index in [1.165, 1.54) is 17.7 Å². The van der Waals surface area contributed by atoms with Crippen molar-refractivity contribution in [1.82, 2.24) is 5.32 Å². The fraction of sp³-hybridized carbons (Fsp3) is 0.600. The largest absolute Gasteiger partial charge is 0.378 e. The third kappa shape index (κ3) is 2.85. The van der Waals surface area contributed by atoms with Gasteiger partial charge in [-0.15, -0.1) is 0 Å². The van der Waals surface area contributed by atoms with Gasteiger partial charge < -0.3 is 15.0 Å². The molecule has 0 aromatic heterocycles. The minimum atomic E-state index is 0.754. The molecule has 1 saturated carbocycles. The third-order valence-electron chi connectivity index (χ3n) is 3.99. The van der Waals surface area contributed by atoms with Gasteiger partial charge in [-0.3, -0.25) is 0 Å². The van der Waals surface area contributed by atoms with Gasteiger partial charge in [0.15, 0.2) is 0 Å². The highest BCUT2D eigenvalue weighted by Crippen LogP contribution is 2.29. The second-order valence-corrected chi connectivity index (χ2v) is 5.47. The summed E-state index contributed by atoms with van der Waals surface area (Å²) in [6, 6.07) is 9.71. The number of anilines is 1. The van der Waals surface area contributed by atoms with E-state index in [2.05, 4.69) is 41.4 Å². The van der Waals surface area contributed by atoms with Gasteiger partial charge in [0, 0.05) is 31.4 Å². The van der Waals surface area contributed by atoms with Crippen LogP contribution in [0.15, 0.2) is 24.3 Å². The SMILES string of the molecule is C[C@H]1C[C@H]1NCc1ccc(N2CCOCC2)cc1. The Morgan fingerprint density at radius 3 is 2.50 bits per heavy atom. The Bertz CT molecular complexity index is 384. The van der Waals surface area contributed by atoms with E-state index in [0.29, 0.717) is 0 Å². The van der Waals surface area contributed by atoms with Crippen LogP contribution in [0.4, 0.5) is 5.69 Å². The number of nitrogens with one attached hydrogen (secondary N) is 1. The normalized spacial score (nSPS) is 27.3. The molecule has 1 saturated heterocycles. The summed E-state index contributed by atoms with van der Waals surface area (Å²) in [4.78, 5) is 2.39. The van der Waals surface area contributed by atoms with E-state index in [1.807, 2.05) is 0 Å². The lowest BCUT2D eigenvalue weighted by atomic mass is 10.2. The van der Waals surface area contributed by atoms with Crippen molar-refractivity contribution in [2.75, 3.05) is 31.2 Å². The molecule has 18 heavy (non-hydrogen) atoms. The van der Waals surface area contributed by atoms with Crippen LogP contribution < -0.4 is 10.2 Å². The number of rotatable bonds is 4. The lowest BCUT2D eigenvalue weighted by Crippen LogP contribution is -2.36. The van der Waals surface area contributed by atoms with E-state index in [-0.39, 0.29) is 0 Å². The predicted molar refractivity (Wildman–Crippen MR) is 73.9 cm³/mol. The summed E-state index contributed by atoms with van der Waals surface area (Å²) in [6.45, 7) is 7.03. The maximum atomic E-state index is 5.38. The number of hydrogen-bond donors (Lipinski definition) is 1. The molecule has 98 valence electrons. The van der Waals surface area contributed by atoms with Gasteiger partial charge in [0.05, 0.1) is 13.2 Å². The van der Waals surface area contributed by atoms with E-state index in [1.54, 1.807) is 0 Å². The summed E-state index contributed by atoms with van der Waals surface area (Å²) >= 11 is 0. The Morgan fingerprint density at radius 1 is 1.22 bits per heavy atom. The first-order valence-corrected chi connectivity index (χ1v) is 6.98. The van der Waals surface area contributed by atoms with Crippen molar-refractivity contribution in [3.05, 3.63) is 29.8 Å². The summed E-state index contributed by atoms with van der Waals surface area (Å²) in [6.07, 6.45) is 1.34. The molecule has 3 rings (SSSR count). The molecule has 0 amide bonds. The predicted octanol–water partition coefficient (Wildman–Crippen LogP) is 2.02. The molecular weight excluding hydrogens is 224 g/mol. The number of morpholine rings is 1. The maximum Gasteiger partial charge on any atom is 0.0642 e. The van der Waals surface area contributed by atoms with Crippen LogP contribution in [0, 0.1) is 5.92 Å². The van der Waals surface area contributed by atoms with Crippen LogP contribution >= 0.6 is 0 Å². The van der Waals surface area contributed by atoms with Gasteiger partial charge >= 0.3 is 0 Å². The molecule has 1 aliphatic heterocycles. The Kier molecular flexibility index (Phi) is 3.52. The molecule has 2 atom stereocenters. The standard InChI is InChI=1S/C15H22N2O/c1-12-10-15(12)16-11-13-2-4-14(5-3-13)17-6-8-18-9-7-17/h2-5,12,15-16H,6-11H2,1H3/t12-,15+/m0/s1. The molecule has 0 spiro atoms. The van der Waals surface area contributed by atoms with Crippen LogP contribution in [0.25, 0.3) is 0 Å². The molecule has 1 aliphatic carbocycles. The average Bonchev–Trinajstić information content (AvgIpc) is 3.14. The highest BCUT2D eigenvalue weighted by Gasteiger charge is 2.31. The Balaban J connectivity index is 1.54. The first-order valence-electron chi connectivity index (χ1n) is 6.98. The van der Waals surface area contributed by atoms with E-state index in [9.17, 15) is 0 Å².